The summed E-state index contributed by atoms with van der Waals surface area (Å²) in [4.78, 5) is 23.7. The van der Waals surface area contributed by atoms with Crippen LogP contribution in [0.4, 0.5) is 4.39 Å². The summed E-state index contributed by atoms with van der Waals surface area (Å²) in [5, 5.41) is 5.44. The number of rotatable bonds is 5. The number of halogens is 1. The van der Waals surface area contributed by atoms with Crippen LogP contribution in [0.5, 0.6) is 0 Å². The van der Waals surface area contributed by atoms with Crippen LogP contribution in [0, 0.1) is 18.7 Å². The van der Waals surface area contributed by atoms with Crippen LogP contribution in [0.2, 0.25) is 0 Å². The highest BCUT2D eigenvalue weighted by Gasteiger charge is 2.27. The number of hydrogen-bond acceptors (Lipinski definition) is 3. The van der Waals surface area contributed by atoms with Crippen molar-refractivity contribution < 1.29 is 14.0 Å². The lowest BCUT2D eigenvalue weighted by atomic mass is 10.1. The second-order valence-corrected chi connectivity index (χ2v) is 5.78. The van der Waals surface area contributed by atoms with E-state index in [1.807, 2.05) is 0 Å². The zero-order valence-electron chi connectivity index (χ0n) is 12.7. The van der Waals surface area contributed by atoms with Crippen molar-refractivity contribution in [1.82, 2.24) is 10.6 Å². The topological polar surface area (TPSA) is 84.2 Å². The maximum Gasteiger partial charge on any atom is 0.251 e. The zero-order chi connectivity index (χ0) is 16.1. The molecule has 0 aliphatic heterocycles. The van der Waals surface area contributed by atoms with Crippen molar-refractivity contribution in [3.63, 3.8) is 0 Å². The van der Waals surface area contributed by atoms with E-state index in [0.717, 1.165) is 19.3 Å². The Morgan fingerprint density at radius 2 is 2.00 bits per heavy atom. The van der Waals surface area contributed by atoms with Crippen LogP contribution < -0.4 is 16.4 Å². The van der Waals surface area contributed by atoms with Crippen LogP contribution in [0.3, 0.4) is 0 Å². The van der Waals surface area contributed by atoms with Crippen molar-refractivity contribution in [2.24, 2.45) is 11.7 Å². The van der Waals surface area contributed by atoms with Gasteiger partial charge in [0.2, 0.25) is 5.91 Å². The first-order valence-corrected chi connectivity index (χ1v) is 7.55. The maximum absolute atomic E-state index is 13.4. The largest absolute Gasteiger partial charge is 0.354 e. The van der Waals surface area contributed by atoms with Gasteiger partial charge in [-0.1, -0.05) is 6.07 Å². The molecule has 0 aromatic heterocycles. The molecule has 4 N–H and O–H groups in total. The molecule has 6 heteroatoms. The van der Waals surface area contributed by atoms with Gasteiger partial charge in [-0.25, -0.2) is 4.39 Å². The van der Waals surface area contributed by atoms with E-state index >= 15 is 0 Å². The SMILES string of the molecule is Cc1ccc(C(=O)NCCNC(=O)C2CCC(N)C2)cc1F. The predicted molar refractivity (Wildman–Crippen MR) is 81.8 cm³/mol. The second kappa shape index (κ2) is 7.35. The minimum absolute atomic E-state index is 0.0106. The number of carbonyl (C=O) groups is 2. The fraction of sp³-hybridized carbons (Fsp3) is 0.500. The Morgan fingerprint density at radius 3 is 2.64 bits per heavy atom. The van der Waals surface area contributed by atoms with E-state index in [1.54, 1.807) is 19.1 Å². The molecule has 0 saturated heterocycles. The number of hydrogen-bond donors (Lipinski definition) is 3. The Kier molecular flexibility index (Phi) is 5.49. The Bertz CT molecular complexity index is 562. The van der Waals surface area contributed by atoms with Gasteiger partial charge in [0, 0.05) is 30.6 Å². The molecule has 0 heterocycles. The second-order valence-electron chi connectivity index (χ2n) is 5.78. The standard InChI is InChI=1S/C16H22FN3O2/c1-10-2-3-12(9-14(10)17)16(22)20-7-6-19-15(21)11-4-5-13(18)8-11/h2-3,9,11,13H,4-8,18H2,1H3,(H,19,21)(H,20,22). The van der Waals surface area contributed by atoms with Gasteiger partial charge in [0.25, 0.3) is 5.91 Å². The van der Waals surface area contributed by atoms with Gasteiger partial charge < -0.3 is 16.4 Å². The summed E-state index contributed by atoms with van der Waals surface area (Å²) in [6.07, 6.45) is 2.43. The molecular weight excluding hydrogens is 285 g/mol. The lowest BCUT2D eigenvalue weighted by molar-refractivity contribution is -0.124. The van der Waals surface area contributed by atoms with Crippen molar-refractivity contribution in [2.75, 3.05) is 13.1 Å². The molecule has 2 unspecified atom stereocenters. The summed E-state index contributed by atoms with van der Waals surface area (Å²) in [7, 11) is 0. The number of nitrogens with one attached hydrogen (secondary N) is 2. The lowest BCUT2D eigenvalue weighted by Crippen LogP contribution is -2.37. The summed E-state index contributed by atoms with van der Waals surface area (Å²) in [6, 6.07) is 4.47. The lowest BCUT2D eigenvalue weighted by Gasteiger charge is -2.11. The fourth-order valence-corrected chi connectivity index (χ4v) is 2.60. The number of amides is 2. The molecule has 1 aliphatic carbocycles. The molecule has 2 rings (SSSR count). The van der Waals surface area contributed by atoms with Crippen LogP contribution >= 0.6 is 0 Å². The van der Waals surface area contributed by atoms with E-state index in [9.17, 15) is 14.0 Å². The molecule has 0 spiro atoms. The normalized spacial score (nSPS) is 20.7. The highest BCUT2D eigenvalue weighted by Crippen LogP contribution is 2.23. The molecule has 0 bridgehead atoms. The van der Waals surface area contributed by atoms with Crippen molar-refractivity contribution >= 4 is 11.8 Å². The number of aryl methyl sites for hydroxylation is 1. The van der Waals surface area contributed by atoms with Gasteiger partial charge in [-0.3, -0.25) is 9.59 Å². The van der Waals surface area contributed by atoms with Gasteiger partial charge in [0.15, 0.2) is 0 Å². The third kappa shape index (κ3) is 4.27. The predicted octanol–water partition coefficient (Wildman–Crippen LogP) is 1.11. The molecule has 1 fully saturated rings. The Balaban J connectivity index is 1.71. The molecule has 22 heavy (non-hydrogen) atoms. The third-order valence-electron chi connectivity index (χ3n) is 3.99. The highest BCUT2D eigenvalue weighted by molar-refractivity contribution is 5.94. The number of nitrogens with two attached hydrogens (primary N) is 1. The smallest absolute Gasteiger partial charge is 0.251 e. The van der Waals surface area contributed by atoms with E-state index < -0.39 is 5.82 Å². The molecule has 1 aliphatic rings. The minimum atomic E-state index is -0.404. The summed E-state index contributed by atoms with van der Waals surface area (Å²) in [5.74, 6) is -0.782. The average molecular weight is 307 g/mol. The molecule has 2 amide bonds. The van der Waals surface area contributed by atoms with Gasteiger partial charge in [-0.15, -0.1) is 0 Å². The summed E-state index contributed by atoms with van der Waals surface area (Å²) in [6.45, 7) is 2.30. The van der Waals surface area contributed by atoms with Crippen molar-refractivity contribution in [3.8, 4) is 0 Å². The number of carbonyl (C=O) groups excluding carboxylic acids is 2. The summed E-state index contributed by atoms with van der Waals surface area (Å²) in [5.41, 5.74) is 6.55. The first kappa shape index (κ1) is 16.4. The maximum atomic E-state index is 13.4. The fourth-order valence-electron chi connectivity index (χ4n) is 2.60. The molecule has 120 valence electrons. The van der Waals surface area contributed by atoms with Gasteiger partial charge in [0.05, 0.1) is 0 Å². The molecule has 0 radical (unpaired) electrons. The monoisotopic (exact) mass is 307 g/mol. The van der Waals surface area contributed by atoms with E-state index in [4.69, 9.17) is 5.73 Å². The molecule has 5 nitrogen and oxygen atoms in total. The van der Waals surface area contributed by atoms with Gasteiger partial charge in [0.1, 0.15) is 5.82 Å². The van der Waals surface area contributed by atoms with E-state index in [-0.39, 0.29) is 29.3 Å². The quantitative estimate of drug-likeness (QED) is 0.712. The van der Waals surface area contributed by atoms with Crippen LogP contribution in [-0.2, 0) is 4.79 Å². The molecular formula is C16H22FN3O2. The van der Waals surface area contributed by atoms with Crippen LogP contribution in [0.25, 0.3) is 0 Å². The molecule has 1 aromatic carbocycles. The average Bonchev–Trinajstić information content (AvgIpc) is 2.92. The first-order chi connectivity index (χ1) is 10.5. The first-order valence-electron chi connectivity index (χ1n) is 7.55. The van der Waals surface area contributed by atoms with E-state index in [2.05, 4.69) is 10.6 Å². The summed E-state index contributed by atoms with van der Waals surface area (Å²) < 4.78 is 13.4. The van der Waals surface area contributed by atoms with Crippen LogP contribution in [-0.4, -0.2) is 30.9 Å². The van der Waals surface area contributed by atoms with E-state index in [1.165, 1.54) is 6.07 Å². The van der Waals surface area contributed by atoms with Gasteiger partial charge in [-0.05, 0) is 43.9 Å². The van der Waals surface area contributed by atoms with Crippen molar-refractivity contribution in [3.05, 3.63) is 35.1 Å². The molecule has 1 saturated carbocycles. The van der Waals surface area contributed by atoms with E-state index in [0.29, 0.717) is 18.7 Å². The Hall–Kier alpha value is -1.95. The Labute approximate surface area is 129 Å². The molecule has 2 atom stereocenters. The van der Waals surface area contributed by atoms with Crippen molar-refractivity contribution in [2.45, 2.75) is 32.2 Å². The Morgan fingerprint density at radius 1 is 1.27 bits per heavy atom. The van der Waals surface area contributed by atoms with Crippen LogP contribution in [0.1, 0.15) is 35.2 Å². The van der Waals surface area contributed by atoms with Crippen LogP contribution in [0.15, 0.2) is 18.2 Å². The molecule has 1 aromatic rings. The van der Waals surface area contributed by atoms with Crippen molar-refractivity contribution in [1.29, 1.82) is 0 Å². The highest BCUT2D eigenvalue weighted by atomic mass is 19.1. The minimum Gasteiger partial charge on any atom is -0.354 e. The number of benzene rings is 1. The summed E-state index contributed by atoms with van der Waals surface area (Å²) >= 11 is 0. The zero-order valence-corrected chi connectivity index (χ0v) is 12.7. The van der Waals surface area contributed by atoms with Gasteiger partial charge >= 0.3 is 0 Å². The third-order valence-corrected chi connectivity index (χ3v) is 3.99. The van der Waals surface area contributed by atoms with Gasteiger partial charge in [-0.2, -0.15) is 0 Å².